The van der Waals surface area contributed by atoms with Gasteiger partial charge in [-0.25, -0.2) is 0 Å². The smallest absolute Gasteiger partial charge is 0.0573 e. The zero-order valence-corrected chi connectivity index (χ0v) is 11.5. The van der Waals surface area contributed by atoms with Crippen LogP contribution in [0.15, 0.2) is 54.9 Å². The monoisotopic (exact) mass is 265 g/mol. The highest BCUT2D eigenvalue weighted by Gasteiger charge is 2.46. The number of nitrogens with zero attached hydrogens (tertiary/aromatic N) is 3. The first-order valence-electron chi connectivity index (χ1n) is 7.36. The van der Waals surface area contributed by atoms with E-state index in [0.717, 1.165) is 19.1 Å². The van der Waals surface area contributed by atoms with Gasteiger partial charge < -0.3 is 4.90 Å². The van der Waals surface area contributed by atoms with Crippen LogP contribution < -0.4 is 4.90 Å². The van der Waals surface area contributed by atoms with Crippen LogP contribution in [0.3, 0.4) is 0 Å². The summed E-state index contributed by atoms with van der Waals surface area (Å²) in [5, 5.41) is 0. The third-order valence-electron chi connectivity index (χ3n) is 4.61. The van der Waals surface area contributed by atoms with Crippen LogP contribution in [0.4, 0.5) is 5.69 Å². The van der Waals surface area contributed by atoms with Gasteiger partial charge in [-0.05, 0) is 24.1 Å². The Bertz CT molecular complexity index is 569. The Morgan fingerprint density at radius 2 is 1.95 bits per heavy atom. The Kier molecular flexibility index (Phi) is 2.92. The molecule has 0 bridgehead atoms. The summed E-state index contributed by atoms with van der Waals surface area (Å²) in [5.74, 6) is 0. The fourth-order valence-electron chi connectivity index (χ4n) is 3.57. The molecule has 20 heavy (non-hydrogen) atoms. The van der Waals surface area contributed by atoms with Gasteiger partial charge in [0.25, 0.3) is 0 Å². The minimum Gasteiger partial charge on any atom is -0.364 e. The average Bonchev–Trinajstić information content (AvgIpc) is 2.84. The Morgan fingerprint density at radius 1 is 1.05 bits per heavy atom. The average molecular weight is 265 g/mol. The largest absolute Gasteiger partial charge is 0.364 e. The van der Waals surface area contributed by atoms with E-state index in [-0.39, 0.29) is 0 Å². The highest BCUT2D eigenvalue weighted by molar-refractivity contribution is 5.48. The maximum atomic E-state index is 4.24. The maximum Gasteiger partial charge on any atom is 0.0573 e. The van der Waals surface area contributed by atoms with Gasteiger partial charge in [0.15, 0.2) is 0 Å². The molecule has 0 amide bonds. The molecule has 3 nitrogen and oxygen atoms in total. The molecule has 0 radical (unpaired) electrons. The van der Waals surface area contributed by atoms with Gasteiger partial charge in [-0.1, -0.05) is 30.3 Å². The van der Waals surface area contributed by atoms with Crippen molar-refractivity contribution in [3.8, 4) is 0 Å². The van der Waals surface area contributed by atoms with Gasteiger partial charge in [0.05, 0.1) is 17.9 Å². The third kappa shape index (κ3) is 1.98. The zero-order valence-electron chi connectivity index (χ0n) is 11.5. The molecule has 2 fully saturated rings. The lowest BCUT2D eigenvalue weighted by molar-refractivity contribution is 0.0737. The molecule has 2 saturated heterocycles. The van der Waals surface area contributed by atoms with Crippen LogP contribution in [-0.4, -0.2) is 35.1 Å². The van der Waals surface area contributed by atoms with E-state index < -0.39 is 0 Å². The molecule has 2 aliphatic heterocycles. The molecule has 0 spiro atoms. The first-order valence-corrected chi connectivity index (χ1v) is 7.36. The molecule has 0 aliphatic carbocycles. The standard InChI is InChI=1S/C17H19N3/c1-2-5-14(6-3-1)12-19-13-17-16(19)8-10-20(17)15-7-4-9-18-11-15/h1-7,9,11,16-17H,8,10,12-13H2/t16-,17-/m1/s1. The Morgan fingerprint density at radius 3 is 2.75 bits per heavy atom. The van der Waals surface area contributed by atoms with Crippen molar-refractivity contribution in [3.05, 3.63) is 60.4 Å². The first-order chi connectivity index (χ1) is 9.92. The van der Waals surface area contributed by atoms with Crippen molar-refractivity contribution in [3.63, 3.8) is 0 Å². The molecule has 4 rings (SSSR count). The van der Waals surface area contributed by atoms with Gasteiger partial charge in [-0.15, -0.1) is 0 Å². The summed E-state index contributed by atoms with van der Waals surface area (Å²) in [7, 11) is 0. The van der Waals surface area contributed by atoms with E-state index in [1.54, 1.807) is 0 Å². The van der Waals surface area contributed by atoms with E-state index in [2.05, 4.69) is 51.2 Å². The van der Waals surface area contributed by atoms with E-state index >= 15 is 0 Å². The Hall–Kier alpha value is -1.87. The van der Waals surface area contributed by atoms with Gasteiger partial charge in [0.1, 0.15) is 0 Å². The summed E-state index contributed by atoms with van der Waals surface area (Å²) in [6.07, 6.45) is 5.11. The second kappa shape index (κ2) is 4.91. The fourth-order valence-corrected chi connectivity index (χ4v) is 3.57. The molecular weight excluding hydrogens is 246 g/mol. The van der Waals surface area contributed by atoms with Crippen LogP contribution in [0.1, 0.15) is 12.0 Å². The lowest BCUT2D eigenvalue weighted by Gasteiger charge is -2.47. The predicted octanol–water partition coefficient (Wildman–Crippen LogP) is 2.54. The number of pyridine rings is 1. The molecule has 102 valence electrons. The maximum absolute atomic E-state index is 4.24. The summed E-state index contributed by atoms with van der Waals surface area (Å²) >= 11 is 0. The number of rotatable bonds is 3. The van der Waals surface area contributed by atoms with Crippen LogP contribution in [0.2, 0.25) is 0 Å². The van der Waals surface area contributed by atoms with Gasteiger partial charge >= 0.3 is 0 Å². The van der Waals surface area contributed by atoms with Crippen molar-refractivity contribution in [2.24, 2.45) is 0 Å². The second-order valence-electron chi connectivity index (χ2n) is 5.74. The van der Waals surface area contributed by atoms with E-state index in [9.17, 15) is 0 Å². The van der Waals surface area contributed by atoms with Crippen LogP contribution >= 0.6 is 0 Å². The fraction of sp³-hybridized carbons (Fsp3) is 0.353. The minimum absolute atomic E-state index is 0.683. The zero-order chi connectivity index (χ0) is 13.4. The van der Waals surface area contributed by atoms with Crippen molar-refractivity contribution in [2.75, 3.05) is 18.0 Å². The highest BCUT2D eigenvalue weighted by atomic mass is 15.4. The van der Waals surface area contributed by atoms with Crippen LogP contribution in [-0.2, 0) is 6.54 Å². The summed E-state index contributed by atoms with van der Waals surface area (Å²) in [5.41, 5.74) is 2.70. The van der Waals surface area contributed by atoms with Crippen LogP contribution in [0.5, 0.6) is 0 Å². The Balaban J connectivity index is 1.43. The van der Waals surface area contributed by atoms with E-state index in [4.69, 9.17) is 0 Å². The molecule has 3 heteroatoms. The molecule has 0 saturated carbocycles. The number of likely N-dealkylation sites (tertiary alicyclic amines) is 1. The van der Waals surface area contributed by atoms with Gasteiger partial charge in [-0.2, -0.15) is 0 Å². The van der Waals surface area contributed by atoms with Crippen molar-refractivity contribution >= 4 is 5.69 Å². The summed E-state index contributed by atoms with van der Waals surface area (Å²) in [4.78, 5) is 9.38. The Labute approximate surface area is 119 Å². The summed E-state index contributed by atoms with van der Waals surface area (Å²) in [6.45, 7) is 3.42. The molecule has 1 aromatic heterocycles. The number of hydrogen-bond donors (Lipinski definition) is 0. The molecular formula is C17H19N3. The number of fused-ring (bicyclic) bond motifs is 1. The number of aromatic nitrogens is 1. The van der Waals surface area contributed by atoms with Crippen molar-refractivity contribution in [1.82, 2.24) is 9.88 Å². The molecule has 0 N–H and O–H groups in total. The number of benzene rings is 1. The van der Waals surface area contributed by atoms with E-state index in [1.807, 2.05) is 18.5 Å². The number of hydrogen-bond acceptors (Lipinski definition) is 3. The van der Waals surface area contributed by atoms with E-state index in [0.29, 0.717) is 6.04 Å². The summed E-state index contributed by atoms with van der Waals surface area (Å²) < 4.78 is 0. The van der Waals surface area contributed by atoms with Crippen LogP contribution in [0.25, 0.3) is 0 Å². The molecule has 1 aromatic carbocycles. The molecule has 3 heterocycles. The molecule has 2 aromatic rings. The van der Waals surface area contributed by atoms with Crippen molar-refractivity contribution in [2.45, 2.75) is 25.0 Å². The van der Waals surface area contributed by atoms with Gasteiger partial charge in [-0.3, -0.25) is 9.88 Å². The quantitative estimate of drug-likeness (QED) is 0.850. The predicted molar refractivity (Wildman–Crippen MR) is 80.6 cm³/mol. The first kappa shape index (κ1) is 11.9. The number of anilines is 1. The van der Waals surface area contributed by atoms with Gasteiger partial charge in [0, 0.05) is 31.9 Å². The van der Waals surface area contributed by atoms with Crippen molar-refractivity contribution in [1.29, 1.82) is 0 Å². The van der Waals surface area contributed by atoms with E-state index in [1.165, 1.54) is 24.2 Å². The van der Waals surface area contributed by atoms with Gasteiger partial charge in [0.2, 0.25) is 0 Å². The molecule has 2 aliphatic rings. The SMILES string of the molecule is c1ccc(CN2C[C@@H]3[C@H]2CCN3c2cccnc2)cc1. The summed E-state index contributed by atoms with van der Waals surface area (Å²) in [6, 6.07) is 16.4. The second-order valence-corrected chi connectivity index (χ2v) is 5.74. The van der Waals surface area contributed by atoms with Crippen molar-refractivity contribution < 1.29 is 0 Å². The normalized spacial score (nSPS) is 25.3. The molecule has 2 atom stereocenters. The highest BCUT2D eigenvalue weighted by Crippen LogP contribution is 2.36. The topological polar surface area (TPSA) is 19.4 Å². The third-order valence-corrected chi connectivity index (χ3v) is 4.61. The lowest BCUT2D eigenvalue weighted by Crippen LogP contribution is -2.61. The minimum atomic E-state index is 0.683. The lowest BCUT2D eigenvalue weighted by atomic mass is 9.96. The van der Waals surface area contributed by atoms with Crippen LogP contribution in [0, 0.1) is 0 Å². The molecule has 0 unspecified atom stereocenters.